The second-order valence-corrected chi connectivity index (χ2v) is 8.72. The van der Waals surface area contributed by atoms with Crippen molar-refractivity contribution in [3.63, 3.8) is 0 Å². The largest absolute Gasteiger partial charge is 0.377 e. The number of ether oxygens (including phenoxy) is 1. The van der Waals surface area contributed by atoms with Gasteiger partial charge in [-0.1, -0.05) is 20.8 Å². The molecule has 0 aromatic carbocycles. The Bertz CT molecular complexity index is 697. The molecule has 0 spiro atoms. The van der Waals surface area contributed by atoms with Crippen LogP contribution in [-0.2, 0) is 24.1 Å². The summed E-state index contributed by atoms with van der Waals surface area (Å²) in [6.45, 7) is 11.4. The molecule has 1 aromatic heterocycles. The third-order valence-corrected chi connectivity index (χ3v) is 6.50. The summed E-state index contributed by atoms with van der Waals surface area (Å²) in [5.41, 5.74) is 0.142. The van der Waals surface area contributed by atoms with E-state index in [9.17, 15) is 0 Å². The van der Waals surface area contributed by atoms with Gasteiger partial charge in [-0.25, -0.2) is 9.67 Å². The minimum Gasteiger partial charge on any atom is -0.377 e. The van der Waals surface area contributed by atoms with Gasteiger partial charge < -0.3 is 15.4 Å². The highest BCUT2D eigenvalue weighted by Crippen LogP contribution is 2.51. The monoisotopic (exact) mass is 374 g/mol. The van der Waals surface area contributed by atoms with Gasteiger partial charge in [-0.15, -0.1) is 0 Å². The third kappa shape index (κ3) is 3.46. The van der Waals surface area contributed by atoms with Crippen molar-refractivity contribution in [1.29, 1.82) is 0 Å². The second kappa shape index (κ2) is 7.41. The number of aryl methyl sites for hydroxylation is 2. The molecule has 4 atom stereocenters. The van der Waals surface area contributed by atoms with E-state index >= 15 is 0 Å². The van der Waals surface area contributed by atoms with Crippen LogP contribution in [0.25, 0.3) is 0 Å². The Morgan fingerprint density at radius 3 is 2.93 bits per heavy atom. The van der Waals surface area contributed by atoms with Crippen LogP contribution in [0.2, 0.25) is 0 Å². The second-order valence-electron chi connectivity index (χ2n) is 8.72. The highest BCUT2D eigenvalue weighted by atomic mass is 16.5. The Morgan fingerprint density at radius 1 is 1.30 bits per heavy atom. The van der Waals surface area contributed by atoms with E-state index in [0.29, 0.717) is 24.1 Å². The fraction of sp³-hybridized carbons (Fsp3) is 0.850. The number of nitrogens with zero attached hydrogens (tertiary/aromatic N) is 4. The zero-order valence-electron chi connectivity index (χ0n) is 17.2. The first kappa shape index (κ1) is 18.7. The molecule has 1 saturated carbocycles. The summed E-state index contributed by atoms with van der Waals surface area (Å²) in [5.74, 6) is 3.60. The number of fused-ring (bicyclic) bond motifs is 2. The van der Waals surface area contributed by atoms with E-state index in [1.165, 1.54) is 12.8 Å². The molecule has 7 heteroatoms. The van der Waals surface area contributed by atoms with Gasteiger partial charge in [-0.2, -0.15) is 5.10 Å². The van der Waals surface area contributed by atoms with Gasteiger partial charge in [-0.05, 0) is 26.2 Å². The smallest absolute Gasteiger partial charge is 0.191 e. The van der Waals surface area contributed by atoms with Gasteiger partial charge in [0.25, 0.3) is 0 Å². The first-order valence-corrected chi connectivity index (χ1v) is 10.6. The highest BCUT2D eigenvalue weighted by molar-refractivity contribution is 5.80. The van der Waals surface area contributed by atoms with Crippen LogP contribution >= 0.6 is 0 Å². The lowest BCUT2D eigenvalue weighted by Gasteiger charge is -2.60. The maximum Gasteiger partial charge on any atom is 0.191 e. The number of aliphatic imine (C=N–C) groups is 1. The lowest BCUT2D eigenvalue weighted by atomic mass is 9.55. The normalized spacial score (nSPS) is 32.2. The Labute approximate surface area is 162 Å². The van der Waals surface area contributed by atoms with Crippen LogP contribution in [0.3, 0.4) is 0 Å². The number of hydrogen-bond acceptors (Lipinski definition) is 4. The summed E-state index contributed by atoms with van der Waals surface area (Å²) in [6.07, 6.45) is 5.72. The van der Waals surface area contributed by atoms with Crippen LogP contribution in [0.15, 0.2) is 4.99 Å². The quantitative estimate of drug-likeness (QED) is 0.622. The van der Waals surface area contributed by atoms with Crippen LogP contribution in [0, 0.1) is 11.3 Å². The molecular weight excluding hydrogens is 340 g/mol. The van der Waals surface area contributed by atoms with Crippen LogP contribution in [-0.4, -0.2) is 52.1 Å². The Kier molecular flexibility index (Phi) is 5.14. The Morgan fingerprint density at radius 2 is 2.15 bits per heavy atom. The predicted octanol–water partition coefficient (Wildman–Crippen LogP) is 1.91. The van der Waals surface area contributed by atoms with Crippen molar-refractivity contribution >= 4 is 5.96 Å². The lowest BCUT2D eigenvalue weighted by Crippen LogP contribution is -2.71. The molecule has 150 valence electrons. The highest BCUT2D eigenvalue weighted by Gasteiger charge is 2.58. The van der Waals surface area contributed by atoms with Crippen molar-refractivity contribution < 1.29 is 4.74 Å². The maximum atomic E-state index is 6.05. The minimum atomic E-state index is 0.142. The van der Waals surface area contributed by atoms with Crippen LogP contribution in [0.1, 0.15) is 58.6 Å². The van der Waals surface area contributed by atoms with Crippen LogP contribution in [0.4, 0.5) is 0 Å². The molecule has 1 aliphatic carbocycles. The molecule has 3 heterocycles. The molecular formula is C20H34N6O. The summed E-state index contributed by atoms with van der Waals surface area (Å²) in [5, 5.41) is 12.0. The summed E-state index contributed by atoms with van der Waals surface area (Å²) in [4.78, 5) is 9.35. The van der Waals surface area contributed by atoms with Crippen molar-refractivity contribution in [2.75, 3.05) is 13.2 Å². The summed E-state index contributed by atoms with van der Waals surface area (Å²) in [7, 11) is 0. The molecule has 27 heavy (non-hydrogen) atoms. The molecule has 1 aromatic rings. The molecule has 2 aliphatic heterocycles. The fourth-order valence-electron chi connectivity index (χ4n) is 5.08. The van der Waals surface area contributed by atoms with Gasteiger partial charge in [0, 0.05) is 49.4 Å². The fourth-order valence-corrected chi connectivity index (χ4v) is 5.08. The number of nitrogens with one attached hydrogen (secondary N) is 2. The van der Waals surface area contributed by atoms with Crippen molar-refractivity contribution in [2.24, 2.45) is 16.3 Å². The molecule has 0 radical (unpaired) electrons. The van der Waals surface area contributed by atoms with Crippen LogP contribution in [0.5, 0.6) is 0 Å². The van der Waals surface area contributed by atoms with E-state index in [1.807, 2.05) is 0 Å². The molecule has 2 fully saturated rings. The van der Waals surface area contributed by atoms with Gasteiger partial charge >= 0.3 is 0 Å². The van der Waals surface area contributed by atoms with E-state index in [2.05, 4.69) is 53.1 Å². The van der Waals surface area contributed by atoms with E-state index < -0.39 is 0 Å². The average Bonchev–Trinajstić information content (AvgIpc) is 3.08. The molecule has 0 amide bonds. The van der Waals surface area contributed by atoms with Crippen LogP contribution < -0.4 is 10.6 Å². The molecule has 2 N–H and O–H groups in total. The van der Waals surface area contributed by atoms with Crippen molar-refractivity contribution in [1.82, 2.24) is 25.4 Å². The topological polar surface area (TPSA) is 76.4 Å². The van der Waals surface area contributed by atoms with E-state index in [4.69, 9.17) is 9.73 Å². The molecule has 4 rings (SSSR count). The number of aromatic nitrogens is 3. The van der Waals surface area contributed by atoms with E-state index in [1.54, 1.807) is 0 Å². The Balaban J connectivity index is 1.41. The van der Waals surface area contributed by atoms with Crippen molar-refractivity contribution in [3.8, 4) is 0 Å². The summed E-state index contributed by atoms with van der Waals surface area (Å²) in [6, 6.07) is 0.751. The third-order valence-electron chi connectivity index (χ3n) is 6.50. The van der Waals surface area contributed by atoms with Crippen molar-refractivity contribution in [3.05, 3.63) is 11.6 Å². The minimum absolute atomic E-state index is 0.142. The SMILES string of the molecule is CCN=C(NC1CCc2nc(CC)nn2C1)NC1C2CCCOC2C1(C)C. The maximum absolute atomic E-state index is 6.05. The van der Waals surface area contributed by atoms with E-state index in [0.717, 1.165) is 56.6 Å². The first-order chi connectivity index (χ1) is 13.0. The summed E-state index contributed by atoms with van der Waals surface area (Å²) < 4.78 is 8.12. The van der Waals surface area contributed by atoms with Gasteiger partial charge in [0.2, 0.25) is 0 Å². The van der Waals surface area contributed by atoms with Gasteiger partial charge in [0.05, 0.1) is 12.6 Å². The predicted molar refractivity (Wildman–Crippen MR) is 106 cm³/mol. The van der Waals surface area contributed by atoms with Gasteiger partial charge in [-0.3, -0.25) is 4.99 Å². The lowest BCUT2D eigenvalue weighted by molar-refractivity contribution is -0.188. The number of rotatable bonds is 4. The standard InChI is InChI=1S/C20H34N6O/c1-5-15-23-16-10-9-13(12-26(16)25-15)22-19(21-6-2)24-17-14-8-7-11-27-18(14)20(17,3)4/h13-14,17-18H,5-12H2,1-4H3,(H2,21,22,24). The first-order valence-electron chi connectivity index (χ1n) is 10.6. The molecule has 0 bridgehead atoms. The van der Waals surface area contributed by atoms with Crippen molar-refractivity contribution in [2.45, 2.75) is 84.5 Å². The zero-order valence-corrected chi connectivity index (χ0v) is 17.2. The average molecular weight is 375 g/mol. The zero-order chi connectivity index (χ0) is 19.0. The molecule has 3 aliphatic rings. The summed E-state index contributed by atoms with van der Waals surface area (Å²) >= 11 is 0. The Hall–Kier alpha value is -1.63. The number of guanidine groups is 1. The van der Waals surface area contributed by atoms with E-state index in [-0.39, 0.29) is 5.41 Å². The van der Waals surface area contributed by atoms with Gasteiger partial charge in [0.1, 0.15) is 5.82 Å². The van der Waals surface area contributed by atoms with Gasteiger partial charge in [0.15, 0.2) is 11.8 Å². The number of hydrogen-bond donors (Lipinski definition) is 2. The molecule has 4 unspecified atom stereocenters. The molecule has 7 nitrogen and oxygen atoms in total. The molecule has 1 saturated heterocycles.